The molecule has 1 saturated heterocycles. The summed E-state index contributed by atoms with van der Waals surface area (Å²) in [7, 11) is -3.86. The molecule has 9 nitrogen and oxygen atoms in total. The van der Waals surface area contributed by atoms with Crippen molar-refractivity contribution in [1.82, 2.24) is 9.97 Å². The monoisotopic (exact) mass is 451 g/mol. The third-order valence-electron chi connectivity index (χ3n) is 5.43. The first kappa shape index (κ1) is 20.1. The van der Waals surface area contributed by atoms with E-state index >= 15 is 0 Å². The fraction of sp³-hybridized carbons (Fsp3) is 0.182. The van der Waals surface area contributed by atoms with Gasteiger partial charge in [0.2, 0.25) is 0 Å². The van der Waals surface area contributed by atoms with Gasteiger partial charge in [0.05, 0.1) is 22.3 Å². The second-order valence-electron chi connectivity index (χ2n) is 7.49. The number of aromatic amines is 1. The first-order chi connectivity index (χ1) is 15.5. The number of piperazine rings is 1. The molecule has 2 aromatic heterocycles. The van der Waals surface area contributed by atoms with Crippen molar-refractivity contribution in [3.05, 3.63) is 77.4 Å². The molecule has 2 N–H and O–H groups in total. The molecule has 0 amide bonds. The number of nitrogens with zero attached hydrogens (tertiary/aromatic N) is 3. The maximum absolute atomic E-state index is 12.7. The molecule has 32 heavy (non-hydrogen) atoms. The summed E-state index contributed by atoms with van der Waals surface area (Å²) in [6.07, 6.45) is 1.51. The molecular formula is C22H21N5O4S. The van der Waals surface area contributed by atoms with Crippen molar-refractivity contribution in [2.24, 2.45) is 0 Å². The van der Waals surface area contributed by atoms with Gasteiger partial charge in [-0.1, -0.05) is 18.2 Å². The maximum atomic E-state index is 12.7. The van der Waals surface area contributed by atoms with E-state index in [1.54, 1.807) is 6.07 Å². The van der Waals surface area contributed by atoms with Crippen LogP contribution in [0.3, 0.4) is 0 Å². The number of sulfonamides is 1. The third kappa shape index (κ3) is 4.04. The summed E-state index contributed by atoms with van der Waals surface area (Å²) in [6, 6.07) is 18.0. The van der Waals surface area contributed by atoms with E-state index in [4.69, 9.17) is 4.42 Å². The van der Waals surface area contributed by atoms with E-state index in [2.05, 4.69) is 36.6 Å². The summed E-state index contributed by atoms with van der Waals surface area (Å²) in [6.45, 7) is 3.43. The Labute approximate surface area is 184 Å². The van der Waals surface area contributed by atoms with Crippen LogP contribution < -0.4 is 20.3 Å². The molecule has 10 heteroatoms. The highest BCUT2D eigenvalue weighted by Gasteiger charge is 2.19. The van der Waals surface area contributed by atoms with Crippen LogP contribution in [0.15, 0.2) is 81.0 Å². The first-order valence-electron chi connectivity index (χ1n) is 10.1. The van der Waals surface area contributed by atoms with Gasteiger partial charge < -0.3 is 14.2 Å². The highest BCUT2D eigenvalue weighted by atomic mass is 32.2. The Hall–Kier alpha value is -3.79. The zero-order valence-corrected chi connectivity index (χ0v) is 17.9. The number of hydrogen-bond acceptors (Lipinski definition) is 7. The van der Waals surface area contributed by atoms with Crippen LogP contribution in [0, 0.1) is 0 Å². The molecule has 0 radical (unpaired) electrons. The average molecular weight is 452 g/mol. The van der Waals surface area contributed by atoms with Gasteiger partial charge in [0.15, 0.2) is 5.58 Å². The van der Waals surface area contributed by atoms with Crippen LogP contribution in [0.25, 0.3) is 11.1 Å². The summed E-state index contributed by atoms with van der Waals surface area (Å²) in [5.41, 5.74) is 2.18. The predicted octanol–water partition coefficient (Wildman–Crippen LogP) is 2.64. The number of fused-ring (bicyclic) bond motifs is 1. The molecule has 1 aliphatic rings. The molecule has 2 aromatic carbocycles. The summed E-state index contributed by atoms with van der Waals surface area (Å²) in [5, 5.41) is 0. The number of benzene rings is 2. The molecular weight excluding hydrogens is 430 g/mol. The Morgan fingerprint density at radius 3 is 2.41 bits per heavy atom. The minimum Gasteiger partial charge on any atom is -0.408 e. The van der Waals surface area contributed by atoms with Crippen LogP contribution in [0.2, 0.25) is 0 Å². The van der Waals surface area contributed by atoms with Gasteiger partial charge in [0.1, 0.15) is 5.82 Å². The number of para-hydroxylation sites is 1. The lowest BCUT2D eigenvalue weighted by Crippen LogP contribution is -2.46. The second-order valence-corrected chi connectivity index (χ2v) is 9.18. The lowest BCUT2D eigenvalue weighted by molar-refractivity contribution is 0.554. The Kier molecular flexibility index (Phi) is 5.06. The predicted molar refractivity (Wildman–Crippen MR) is 123 cm³/mol. The zero-order valence-electron chi connectivity index (χ0n) is 17.1. The number of aromatic nitrogens is 2. The molecule has 5 rings (SSSR count). The van der Waals surface area contributed by atoms with Gasteiger partial charge in [-0.2, -0.15) is 0 Å². The van der Waals surface area contributed by atoms with E-state index in [0.29, 0.717) is 11.2 Å². The number of rotatable bonds is 5. The Morgan fingerprint density at radius 2 is 1.69 bits per heavy atom. The van der Waals surface area contributed by atoms with Crippen LogP contribution >= 0.6 is 0 Å². The van der Waals surface area contributed by atoms with Crippen molar-refractivity contribution in [2.75, 3.05) is 40.7 Å². The number of H-pyrrole nitrogens is 1. The first-order valence-corrected chi connectivity index (χ1v) is 11.6. The van der Waals surface area contributed by atoms with Crippen molar-refractivity contribution in [1.29, 1.82) is 0 Å². The van der Waals surface area contributed by atoms with E-state index in [9.17, 15) is 13.2 Å². The minimum absolute atomic E-state index is 0.00568. The van der Waals surface area contributed by atoms with Gasteiger partial charge in [-0.3, -0.25) is 9.71 Å². The normalized spacial score (nSPS) is 14.6. The van der Waals surface area contributed by atoms with Gasteiger partial charge in [-0.25, -0.2) is 18.2 Å². The summed E-state index contributed by atoms with van der Waals surface area (Å²) in [5.74, 6) is 0.170. The fourth-order valence-corrected chi connectivity index (χ4v) is 4.83. The molecule has 4 aromatic rings. The maximum Gasteiger partial charge on any atom is 0.417 e. The number of oxazole rings is 1. The summed E-state index contributed by atoms with van der Waals surface area (Å²) in [4.78, 5) is 22.7. The van der Waals surface area contributed by atoms with E-state index in [1.807, 2.05) is 24.3 Å². The quantitative estimate of drug-likeness (QED) is 0.480. The van der Waals surface area contributed by atoms with Crippen molar-refractivity contribution in [2.45, 2.75) is 4.90 Å². The van der Waals surface area contributed by atoms with Gasteiger partial charge in [-0.05, 0) is 36.4 Å². The smallest absolute Gasteiger partial charge is 0.408 e. The van der Waals surface area contributed by atoms with Gasteiger partial charge in [-0.15, -0.1) is 0 Å². The van der Waals surface area contributed by atoms with Gasteiger partial charge >= 0.3 is 5.76 Å². The van der Waals surface area contributed by atoms with Crippen LogP contribution in [0.1, 0.15) is 0 Å². The number of anilines is 3. The molecule has 0 saturated carbocycles. The number of nitrogens with one attached hydrogen (secondary N) is 2. The van der Waals surface area contributed by atoms with Crippen LogP contribution in [-0.4, -0.2) is 44.6 Å². The van der Waals surface area contributed by atoms with Crippen molar-refractivity contribution >= 4 is 38.3 Å². The molecule has 1 fully saturated rings. The number of pyridine rings is 1. The average Bonchev–Trinajstić information content (AvgIpc) is 3.19. The topological polar surface area (TPSA) is 112 Å². The van der Waals surface area contributed by atoms with Gasteiger partial charge in [0, 0.05) is 37.9 Å². The molecule has 0 bridgehead atoms. The largest absolute Gasteiger partial charge is 0.417 e. The Bertz CT molecular complexity index is 1390. The molecule has 0 atom stereocenters. The Morgan fingerprint density at radius 1 is 0.938 bits per heavy atom. The van der Waals surface area contributed by atoms with E-state index in [-0.39, 0.29) is 10.5 Å². The zero-order chi connectivity index (χ0) is 22.1. The summed E-state index contributed by atoms with van der Waals surface area (Å²) >= 11 is 0. The van der Waals surface area contributed by atoms with E-state index in [0.717, 1.165) is 32.0 Å². The van der Waals surface area contributed by atoms with Crippen molar-refractivity contribution in [3.63, 3.8) is 0 Å². The molecule has 0 spiro atoms. The van der Waals surface area contributed by atoms with E-state index in [1.165, 1.54) is 30.1 Å². The lowest BCUT2D eigenvalue weighted by Gasteiger charge is -2.36. The van der Waals surface area contributed by atoms with Crippen molar-refractivity contribution in [3.8, 4) is 0 Å². The molecule has 3 heterocycles. The molecule has 164 valence electrons. The second kappa shape index (κ2) is 8.04. The Balaban J connectivity index is 1.26. The highest BCUT2D eigenvalue weighted by Crippen LogP contribution is 2.22. The highest BCUT2D eigenvalue weighted by molar-refractivity contribution is 7.92. The van der Waals surface area contributed by atoms with Crippen LogP contribution in [-0.2, 0) is 10.0 Å². The number of hydrogen-bond donors (Lipinski definition) is 2. The van der Waals surface area contributed by atoms with Gasteiger partial charge in [0.25, 0.3) is 10.0 Å². The molecule has 0 unspecified atom stereocenters. The van der Waals surface area contributed by atoms with E-state index < -0.39 is 15.8 Å². The van der Waals surface area contributed by atoms with Crippen LogP contribution in [0.5, 0.6) is 0 Å². The van der Waals surface area contributed by atoms with Crippen LogP contribution in [0.4, 0.5) is 17.2 Å². The fourth-order valence-electron chi connectivity index (χ4n) is 3.77. The summed E-state index contributed by atoms with van der Waals surface area (Å²) < 4.78 is 32.9. The molecule has 1 aliphatic heterocycles. The minimum atomic E-state index is -3.86. The third-order valence-corrected chi connectivity index (χ3v) is 6.81. The standard InChI is InChI=1S/C22H21N5O4S/c28-22-24-19-8-7-18(14-20(19)31-22)32(29,30)25-16-6-9-21(23-15-16)27-12-10-26(11-13-27)17-4-2-1-3-5-17/h1-9,14-15,25H,10-13H2,(H,24,28). The lowest BCUT2D eigenvalue weighted by atomic mass is 10.2. The van der Waals surface area contributed by atoms with Crippen molar-refractivity contribution < 1.29 is 12.8 Å². The molecule has 0 aliphatic carbocycles. The SMILES string of the molecule is O=c1[nH]c2ccc(S(=O)(=O)Nc3ccc(N4CCN(c5ccccc5)CC4)nc3)cc2o1.